The first-order valence-corrected chi connectivity index (χ1v) is 5.16. The van der Waals surface area contributed by atoms with E-state index in [9.17, 15) is 13.2 Å². The fraction of sp³-hybridized carbons (Fsp3) is 0.444. The lowest BCUT2D eigenvalue weighted by Gasteiger charge is -2.23. The Labute approximate surface area is 94.2 Å². The Kier molecular flexibility index (Phi) is 3.96. The van der Waals surface area contributed by atoms with Crippen molar-refractivity contribution < 1.29 is 13.2 Å². The van der Waals surface area contributed by atoms with Crippen LogP contribution in [0.3, 0.4) is 0 Å². The molecule has 0 saturated carbocycles. The summed E-state index contributed by atoms with van der Waals surface area (Å²) in [5.41, 5.74) is 0. The second kappa shape index (κ2) is 4.83. The van der Waals surface area contributed by atoms with Crippen molar-refractivity contribution in [3.8, 4) is 0 Å². The molecule has 1 aromatic rings. The normalized spacial score (nSPS) is 11.5. The van der Waals surface area contributed by atoms with Crippen LogP contribution in [0.4, 0.5) is 19.0 Å². The number of nitrogens with zero attached hydrogens (tertiary/aromatic N) is 2. The molecule has 0 aliphatic carbocycles. The zero-order valence-electron chi connectivity index (χ0n) is 8.05. The van der Waals surface area contributed by atoms with Crippen molar-refractivity contribution in [2.75, 3.05) is 18.0 Å². The molecule has 1 rings (SSSR count). The SMILES string of the molecule is CCN(CC(F)(F)F)c1cccc(Br)n1. The fourth-order valence-electron chi connectivity index (χ4n) is 1.14. The molecule has 0 aromatic carbocycles. The second-order valence-corrected chi connectivity index (χ2v) is 3.76. The number of rotatable bonds is 3. The first-order chi connectivity index (χ1) is 6.92. The van der Waals surface area contributed by atoms with E-state index in [1.54, 1.807) is 25.1 Å². The molecule has 6 heteroatoms. The van der Waals surface area contributed by atoms with Crippen LogP contribution in [0.5, 0.6) is 0 Å². The van der Waals surface area contributed by atoms with Crippen LogP contribution in [-0.4, -0.2) is 24.2 Å². The first kappa shape index (κ1) is 12.3. The molecule has 0 aliphatic rings. The van der Waals surface area contributed by atoms with E-state index in [0.29, 0.717) is 10.4 Å². The van der Waals surface area contributed by atoms with Crippen molar-refractivity contribution in [3.63, 3.8) is 0 Å². The molecule has 0 saturated heterocycles. The van der Waals surface area contributed by atoms with E-state index in [1.165, 1.54) is 4.90 Å². The van der Waals surface area contributed by atoms with Crippen LogP contribution in [-0.2, 0) is 0 Å². The quantitative estimate of drug-likeness (QED) is 0.792. The average Bonchev–Trinajstić information content (AvgIpc) is 2.13. The monoisotopic (exact) mass is 282 g/mol. The molecule has 0 amide bonds. The van der Waals surface area contributed by atoms with Crippen molar-refractivity contribution >= 4 is 21.7 Å². The highest BCUT2D eigenvalue weighted by atomic mass is 79.9. The third kappa shape index (κ3) is 4.07. The third-order valence-electron chi connectivity index (χ3n) is 1.78. The smallest absolute Gasteiger partial charge is 0.348 e. The van der Waals surface area contributed by atoms with Gasteiger partial charge in [0.05, 0.1) is 0 Å². The van der Waals surface area contributed by atoms with Crippen molar-refractivity contribution in [2.45, 2.75) is 13.1 Å². The minimum Gasteiger partial charge on any atom is -0.348 e. The van der Waals surface area contributed by atoms with Gasteiger partial charge in [-0.1, -0.05) is 6.07 Å². The van der Waals surface area contributed by atoms with E-state index in [4.69, 9.17) is 0 Å². The lowest BCUT2D eigenvalue weighted by Crippen LogP contribution is -2.34. The summed E-state index contributed by atoms with van der Waals surface area (Å²) in [6, 6.07) is 4.89. The molecule has 2 nitrogen and oxygen atoms in total. The molecule has 0 aliphatic heterocycles. The van der Waals surface area contributed by atoms with Gasteiger partial charge in [0, 0.05) is 6.54 Å². The van der Waals surface area contributed by atoms with Gasteiger partial charge in [0.15, 0.2) is 0 Å². The zero-order chi connectivity index (χ0) is 11.5. The first-order valence-electron chi connectivity index (χ1n) is 4.36. The standard InChI is InChI=1S/C9H10BrF3N2/c1-2-15(6-9(11,12)13)8-5-3-4-7(10)14-8/h3-5H,2,6H2,1H3. The third-order valence-corrected chi connectivity index (χ3v) is 2.22. The highest BCUT2D eigenvalue weighted by Gasteiger charge is 2.30. The minimum absolute atomic E-state index is 0.267. The molecule has 0 spiro atoms. The van der Waals surface area contributed by atoms with Crippen molar-refractivity contribution in [2.24, 2.45) is 0 Å². The zero-order valence-corrected chi connectivity index (χ0v) is 9.64. The van der Waals surface area contributed by atoms with Crippen LogP contribution >= 0.6 is 15.9 Å². The number of alkyl halides is 3. The van der Waals surface area contributed by atoms with Gasteiger partial charge in [0.25, 0.3) is 0 Å². The molecule has 1 heterocycles. The Hall–Kier alpha value is -0.780. The summed E-state index contributed by atoms with van der Waals surface area (Å²) in [4.78, 5) is 5.14. The Morgan fingerprint density at radius 1 is 1.40 bits per heavy atom. The van der Waals surface area contributed by atoms with Gasteiger partial charge in [-0.2, -0.15) is 13.2 Å². The van der Waals surface area contributed by atoms with Gasteiger partial charge in [0.1, 0.15) is 17.0 Å². The number of hydrogen-bond acceptors (Lipinski definition) is 2. The topological polar surface area (TPSA) is 16.1 Å². The molecular formula is C9H10BrF3N2. The van der Waals surface area contributed by atoms with Gasteiger partial charge in [-0.25, -0.2) is 4.98 Å². The predicted molar refractivity (Wildman–Crippen MR) is 55.9 cm³/mol. The molecule has 1 aromatic heterocycles. The maximum atomic E-state index is 12.2. The maximum absolute atomic E-state index is 12.2. The van der Waals surface area contributed by atoms with Crippen molar-refractivity contribution in [3.05, 3.63) is 22.8 Å². The Morgan fingerprint density at radius 2 is 2.07 bits per heavy atom. The van der Waals surface area contributed by atoms with Gasteiger partial charge in [0.2, 0.25) is 0 Å². The average molecular weight is 283 g/mol. The van der Waals surface area contributed by atoms with Crippen LogP contribution in [0.15, 0.2) is 22.8 Å². The van der Waals surface area contributed by atoms with Gasteiger partial charge < -0.3 is 4.90 Å². The highest BCUT2D eigenvalue weighted by molar-refractivity contribution is 9.10. The van der Waals surface area contributed by atoms with Crippen LogP contribution < -0.4 is 4.90 Å². The van der Waals surface area contributed by atoms with Crippen molar-refractivity contribution in [1.82, 2.24) is 4.98 Å². The van der Waals surface area contributed by atoms with E-state index in [1.807, 2.05) is 0 Å². The molecule has 15 heavy (non-hydrogen) atoms. The van der Waals surface area contributed by atoms with E-state index < -0.39 is 12.7 Å². The van der Waals surface area contributed by atoms with Gasteiger partial charge in [-0.3, -0.25) is 0 Å². The molecule has 0 bridgehead atoms. The molecule has 0 unspecified atom stereocenters. The lowest BCUT2D eigenvalue weighted by molar-refractivity contribution is -0.119. The van der Waals surface area contributed by atoms with E-state index in [-0.39, 0.29) is 6.54 Å². The van der Waals surface area contributed by atoms with Gasteiger partial charge in [-0.05, 0) is 35.0 Å². The second-order valence-electron chi connectivity index (χ2n) is 2.95. The van der Waals surface area contributed by atoms with Crippen LogP contribution in [0, 0.1) is 0 Å². The summed E-state index contributed by atoms with van der Waals surface area (Å²) in [5, 5.41) is 0. The van der Waals surface area contributed by atoms with Crippen LogP contribution in [0.25, 0.3) is 0 Å². The minimum atomic E-state index is -4.21. The largest absolute Gasteiger partial charge is 0.405 e. The Morgan fingerprint density at radius 3 is 2.53 bits per heavy atom. The lowest BCUT2D eigenvalue weighted by atomic mass is 10.4. The molecular weight excluding hydrogens is 273 g/mol. The van der Waals surface area contributed by atoms with Gasteiger partial charge >= 0.3 is 6.18 Å². The van der Waals surface area contributed by atoms with E-state index in [0.717, 1.165) is 0 Å². The highest BCUT2D eigenvalue weighted by Crippen LogP contribution is 2.21. The Balaban J connectivity index is 2.83. The molecule has 0 fully saturated rings. The van der Waals surface area contributed by atoms with E-state index in [2.05, 4.69) is 20.9 Å². The molecule has 84 valence electrons. The number of aromatic nitrogens is 1. The number of anilines is 1. The van der Waals surface area contributed by atoms with E-state index >= 15 is 0 Å². The Bertz CT molecular complexity index is 327. The molecule has 0 radical (unpaired) electrons. The number of pyridine rings is 1. The maximum Gasteiger partial charge on any atom is 0.405 e. The summed E-state index contributed by atoms with van der Waals surface area (Å²) in [6.07, 6.45) is -4.21. The van der Waals surface area contributed by atoms with Crippen molar-refractivity contribution in [1.29, 1.82) is 0 Å². The molecule has 0 N–H and O–H groups in total. The predicted octanol–water partition coefficient (Wildman–Crippen LogP) is 3.23. The summed E-state index contributed by atoms with van der Waals surface area (Å²) >= 11 is 3.12. The number of hydrogen-bond donors (Lipinski definition) is 0. The fourth-order valence-corrected chi connectivity index (χ4v) is 1.48. The summed E-state index contributed by atoms with van der Waals surface area (Å²) < 4.78 is 37.1. The summed E-state index contributed by atoms with van der Waals surface area (Å²) in [5.74, 6) is 0.323. The summed E-state index contributed by atoms with van der Waals surface area (Å²) in [7, 11) is 0. The summed E-state index contributed by atoms with van der Waals surface area (Å²) in [6.45, 7) is 0.949. The molecule has 0 atom stereocenters. The number of halogens is 4. The van der Waals surface area contributed by atoms with Crippen LogP contribution in [0.2, 0.25) is 0 Å². The van der Waals surface area contributed by atoms with Gasteiger partial charge in [-0.15, -0.1) is 0 Å². The van der Waals surface area contributed by atoms with Crippen LogP contribution in [0.1, 0.15) is 6.92 Å².